The molecule has 118 valence electrons. The number of hydrogen-bond donors (Lipinski definition) is 1. The Balaban J connectivity index is 2.21. The molecule has 0 saturated heterocycles. The zero-order valence-electron chi connectivity index (χ0n) is 12.9. The maximum atomic E-state index is 11.8. The van der Waals surface area contributed by atoms with Crippen molar-refractivity contribution < 1.29 is 18.3 Å². The average Bonchev–Trinajstić information content (AvgIpc) is 2.46. The van der Waals surface area contributed by atoms with Crippen molar-refractivity contribution in [1.29, 1.82) is 0 Å². The Morgan fingerprint density at radius 2 is 1.86 bits per heavy atom. The fraction of sp³-hybridized carbons (Fsp3) is 0.625. The van der Waals surface area contributed by atoms with Gasteiger partial charge in [0.05, 0.1) is 18.0 Å². The van der Waals surface area contributed by atoms with E-state index in [1.165, 1.54) is 6.26 Å². The van der Waals surface area contributed by atoms with Crippen molar-refractivity contribution in [3.63, 3.8) is 0 Å². The third-order valence-electron chi connectivity index (χ3n) is 4.70. The normalized spacial score (nSPS) is 26.1. The largest absolute Gasteiger partial charge is 0.497 e. The number of benzene rings is 1. The molecule has 1 aliphatic carbocycles. The van der Waals surface area contributed by atoms with Crippen molar-refractivity contribution in [3.05, 3.63) is 29.8 Å². The minimum absolute atomic E-state index is 0.0423. The summed E-state index contributed by atoms with van der Waals surface area (Å²) < 4.78 is 28.7. The van der Waals surface area contributed by atoms with Gasteiger partial charge in [0.2, 0.25) is 0 Å². The molecule has 3 unspecified atom stereocenters. The van der Waals surface area contributed by atoms with Gasteiger partial charge in [0.25, 0.3) is 0 Å². The van der Waals surface area contributed by atoms with Gasteiger partial charge in [-0.25, -0.2) is 8.42 Å². The summed E-state index contributed by atoms with van der Waals surface area (Å²) in [6.45, 7) is 1.78. The van der Waals surface area contributed by atoms with Crippen LogP contribution in [0.4, 0.5) is 0 Å². The van der Waals surface area contributed by atoms with Gasteiger partial charge >= 0.3 is 0 Å². The van der Waals surface area contributed by atoms with E-state index in [-0.39, 0.29) is 11.2 Å². The van der Waals surface area contributed by atoms with E-state index >= 15 is 0 Å². The first-order valence-electron chi connectivity index (χ1n) is 7.31. The Kier molecular flexibility index (Phi) is 4.63. The van der Waals surface area contributed by atoms with Crippen molar-refractivity contribution in [2.75, 3.05) is 13.4 Å². The van der Waals surface area contributed by atoms with Crippen LogP contribution in [0.2, 0.25) is 0 Å². The molecule has 4 nitrogen and oxygen atoms in total. The smallest absolute Gasteiger partial charge is 0.150 e. The van der Waals surface area contributed by atoms with Crippen LogP contribution in [-0.2, 0) is 15.4 Å². The van der Waals surface area contributed by atoms with Gasteiger partial charge in [-0.1, -0.05) is 18.6 Å². The molecule has 0 aliphatic heterocycles. The summed E-state index contributed by atoms with van der Waals surface area (Å²) in [6, 6.07) is 7.34. The molecule has 1 aromatic rings. The van der Waals surface area contributed by atoms with Gasteiger partial charge in [0.15, 0.2) is 0 Å². The Morgan fingerprint density at radius 1 is 1.24 bits per heavy atom. The van der Waals surface area contributed by atoms with Crippen LogP contribution in [0, 0.1) is 5.92 Å². The number of sulfone groups is 1. The number of hydrogen-bond acceptors (Lipinski definition) is 4. The highest BCUT2D eigenvalue weighted by Crippen LogP contribution is 2.41. The van der Waals surface area contributed by atoms with Crippen molar-refractivity contribution >= 4 is 9.84 Å². The number of aliphatic hydroxyl groups is 1. The van der Waals surface area contributed by atoms with Crippen LogP contribution in [0.1, 0.15) is 38.2 Å². The van der Waals surface area contributed by atoms with Crippen LogP contribution >= 0.6 is 0 Å². The molecule has 0 heterocycles. The van der Waals surface area contributed by atoms with Gasteiger partial charge in [-0.3, -0.25) is 0 Å². The molecule has 1 aromatic carbocycles. The third kappa shape index (κ3) is 3.58. The summed E-state index contributed by atoms with van der Waals surface area (Å²) in [5.41, 5.74) is -0.210. The molecule has 1 fully saturated rings. The summed E-state index contributed by atoms with van der Waals surface area (Å²) >= 11 is 0. The van der Waals surface area contributed by atoms with Crippen molar-refractivity contribution in [3.8, 4) is 5.75 Å². The van der Waals surface area contributed by atoms with Crippen molar-refractivity contribution in [2.45, 2.75) is 43.5 Å². The third-order valence-corrected chi connectivity index (χ3v) is 6.34. The number of methoxy groups -OCH3 is 1. The van der Waals surface area contributed by atoms with Gasteiger partial charge in [-0.15, -0.1) is 0 Å². The Labute approximate surface area is 127 Å². The van der Waals surface area contributed by atoms with E-state index in [0.29, 0.717) is 12.8 Å². The lowest BCUT2D eigenvalue weighted by Gasteiger charge is -2.38. The highest BCUT2D eigenvalue weighted by atomic mass is 32.2. The molecule has 21 heavy (non-hydrogen) atoms. The molecule has 5 heteroatoms. The lowest BCUT2D eigenvalue weighted by molar-refractivity contribution is -0.0208. The summed E-state index contributed by atoms with van der Waals surface area (Å²) in [4.78, 5) is 0. The van der Waals surface area contributed by atoms with E-state index in [2.05, 4.69) is 0 Å². The molecule has 0 amide bonds. The predicted molar refractivity (Wildman–Crippen MR) is 83.2 cm³/mol. The number of rotatable bonds is 4. The van der Waals surface area contributed by atoms with Crippen LogP contribution in [0.25, 0.3) is 0 Å². The maximum absolute atomic E-state index is 11.8. The maximum Gasteiger partial charge on any atom is 0.150 e. The molecular weight excluding hydrogens is 288 g/mol. The van der Waals surface area contributed by atoms with Gasteiger partial charge in [0, 0.05) is 6.26 Å². The Morgan fingerprint density at radius 3 is 2.38 bits per heavy atom. The minimum atomic E-state index is -3.04. The molecule has 1 N–H and O–H groups in total. The van der Waals surface area contributed by atoms with E-state index < -0.39 is 15.4 Å². The lowest BCUT2D eigenvalue weighted by atomic mass is 9.74. The second kappa shape index (κ2) is 5.97. The first-order valence-corrected chi connectivity index (χ1v) is 9.26. The van der Waals surface area contributed by atoms with Gasteiger partial charge < -0.3 is 9.84 Å². The summed E-state index contributed by atoms with van der Waals surface area (Å²) in [6.07, 6.45) is 4.22. The molecule has 1 saturated carbocycles. The molecule has 3 atom stereocenters. The van der Waals surface area contributed by atoms with Gasteiger partial charge in [-0.05, 0) is 49.8 Å². The van der Waals surface area contributed by atoms with E-state index in [9.17, 15) is 13.5 Å². The molecule has 0 radical (unpaired) electrons. The number of ether oxygens (including phenoxy) is 1. The molecule has 0 aromatic heterocycles. The minimum Gasteiger partial charge on any atom is -0.497 e. The van der Waals surface area contributed by atoms with Gasteiger partial charge in [-0.2, -0.15) is 0 Å². The molecule has 0 spiro atoms. The topological polar surface area (TPSA) is 63.6 Å². The van der Waals surface area contributed by atoms with E-state index in [4.69, 9.17) is 4.74 Å². The van der Waals surface area contributed by atoms with Gasteiger partial charge in [0.1, 0.15) is 15.6 Å². The van der Waals surface area contributed by atoms with Crippen LogP contribution in [0.5, 0.6) is 5.75 Å². The van der Waals surface area contributed by atoms with E-state index in [1.807, 2.05) is 24.3 Å². The zero-order chi connectivity index (χ0) is 15.7. The molecule has 2 rings (SSSR count). The second-order valence-electron chi connectivity index (χ2n) is 6.19. The van der Waals surface area contributed by atoms with Crippen LogP contribution in [0.3, 0.4) is 0 Å². The summed E-state index contributed by atoms with van der Waals surface area (Å²) in [7, 11) is -1.44. The average molecular weight is 312 g/mol. The monoisotopic (exact) mass is 312 g/mol. The molecular formula is C16H24O4S. The second-order valence-corrected chi connectivity index (χ2v) is 8.52. The fourth-order valence-electron chi connectivity index (χ4n) is 3.21. The Hall–Kier alpha value is -1.07. The standard InChI is InChI=1S/C16H24O4S/c1-16(17,12-7-9-14(20-2)10-8-12)13-5-4-6-15(11-13)21(3,18)19/h7-10,13,15,17H,4-6,11H2,1-3H3. The first kappa shape index (κ1) is 16.3. The lowest BCUT2D eigenvalue weighted by Crippen LogP contribution is -2.38. The van der Waals surface area contributed by atoms with Crippen LogP contribution < -0.4 is 4.74 Å². The highest BCUT2D eigenvalue weighted by molar-refractivity contribution is 7.91. The predicted octanol–water partition coefficient (Wildman–Crippen LogP) is 2.51. The van der Waals surface area contributed by atoms with E-state index in [1.54, 1.807) is 14.0 Å². The fourth-order valence-corrected chi connectivity index (χ4v) is 4.39. The van der Waals surface area contributed by atoms with Crippen molar-refractivity contribution in [2.24, 2.45) is 5.92 Å². The molecule has 0 bridgehead atoms. The SMILES string of the molecule is COc1ccc(C(C)(O)C2CCCC(S(C)(=O)=O)C2)cc1. The first-order chi connectivity index (χ1) is 9.75. The zero-order valence-corrected chi connectivity index (χ0v) is 13.7. The van der Waals surface area contributed by atoms with Crippen molar-refractivity contribution in [1.82, 2.24) is 0 Å². The van der Waals surface area contributed by atoms with Crippen LogP contribution in [0.15, 0.2) is 24.3 Å². The molecule has 1 aliphatic rings. The quantitative estimate of drug-likeness (QED) is 0.928. The van der Waals surface area contributed by atoms with E-state index in [0.717, 1.165) is 24.2 Å². The summed E-state index contributed by atoms with van der Waals surface area (Å²) in [5.74, 6) is 0.701. The highest BCUT2D eigenvalue weighted by Gasteiger charge is 2.39. The Bertz CT molecular complexity index is 575. The van der Waals surface area contributed by atoms with Crippen LogP contribution in [-0.4, -0.2) is 32.1 Å². The summed E-state index contributed by atoms with van der Waals surface area (Å²) in [5, 5.41) is 10.6.